The van der Waals surface area contributed by atoms with Crippen LogP contribution in [0.15, 0.2) is 85.1 Å². The Morgan fingerprint density at radius 1 is 0.964 bits per heavy atom. The van der Waals surface area contributed by atoms with Crippen molar-refractivity contribution in [1.29, 1.82) is 0 Å². The monoisotopic (exact) mass is 388 g/mol. The van der Waals surface area contributed by atoms with Crippen LogP contribution in [0.25, 0.3) is 10.9 Å². The first-order valence-corrected chi connectivity index (χ1v) is 9.72. The molecule has 4 rings (SSSR count). The molecule has 0 unspecified atom stereocenters. The lowest BCUT2D eigenvalue weighted by Gasteiger charge is -2.17. The molecule has 4 aromatic rings. The number of aromatic amines is 1. The van der Waals surface area contributed by atoms with Crippen molar-refractivity contribution in [3.05, 3.63) is 101 Å². The number of rotatable bonds is 6. The van der Waals surface area contributed by atoms with Gasteiger partial charge in [0.15, 0.2) is 0 Å². The Morgan fingerprint density at radius 3 is 2.43 bits per heavy atom. The Kier molecular flexibility index (Phi) is 5.45. The van der Waals surface area contributed by atoms with E-state index in [1.54, 1.807) is 0 Å². The maximum atomic E-state index is 12.8. The van der Waals surface area contributed by atoms with Gasteiger partial charge in [-0.3, -0.25) is 4.79 Å². The number of hydrogen-bond donors (Lipinski definition) is 2. The zero-order valence-electron chi connectivity index (χ0n) is 15.4. The van der Waals surface area contributed by atoms with Crippen LogP contribution in [-0.2, 0) is 11.2 Å². The molecule has 140 valence electrons. The van der Waals surface area contributed by atoms with Gasteiger partial charge in [-0.25, -0.2) is 0 Å². The highest BCUT2D eigenvalue weighted by Gasteiger charge is 2.20. The molecule has 1 aromatic heterocycles. The fourth-order valence-corrected chi connectivity index (χ4v) is 3.77. The number of para-hydroxylation sites is 1. The summed E-state index contributed by atoms with van der Waals surface area (Å²) in [5.41, 5.74) is 4.16. The molecular formula is C24H21ClN2O. The average Bonchev–Trinajstić information content (AvgIpc) is 3.12. The van der Waals surface area contributed by atoms with Gasteiger partial charge in [0.1, 0.15) is 0 Å². The van der Waals surface area contributed by atoms with Gasteiger partial charge in [0, 0.05) is 34.2 Å². The first-order chi connectivity index (χ1) is 13.7. The molecule has 0 aliphatic rings. The lowest BCUT2D eigenvalue weighted by atomic mass is 9.88. The predicted octanol–water partition coefficient (Wildman–Crippen LogP) is 6.18. The number of benzene rings is 3. The van der Waals surface area contributed by atoms with Gasteiger partial charge in [-0.05, 0) is 53.8 Å². The van der Waals surface area contributed by atoms with Crippen LogP contribution in [0.2, 0.25) is 5.02 Å². The van der Waals surface area contributed by atoms with E-state index < -0.39 is 0 Å². The molecule has 0 spiro atoms. The second kappa shape index (κ2) is 8.32. The fourth-order valence-electron chi connectivity index (χ4n) is 3.60. The van der Waals surface area contributed by atoms with Crippen LogP contribution >= 0.6 is 11.6 Å². The quantitative estimate of drug-likeness (QED) is 0.407. The molecule has 2 N–H and O–H groups in total. The molecule has 1 amide bonds. The number of fused-ring (bicyclic) bond motifs is 1. The number of carbonyl (C=O) groups excluding carboxylic acids is 1. The summed E-state index contributed by atoms with van der Waals surface area (Å²) in [6.07, 6.45) is 3.18. The predicted molar refractivity (Wildman–Crippen MR) is 116 cm³/mol. The van der Waals surface area contributed by atoms with Crippen molar-refractivity contribution in [1.82, 2.24) is 4.98 Å². The van der Waals surface area contributed by atoms with Gasteiger partial charge in [-0.15, -0.1) is 0 Å². The minimum atomic E-state index is 0.00325. The van der Waals surface area contributed by atoms with Crippen molar-refractivity contribution in [2.45, 2.75) is 18.8 Å². The van der Waals surface area contributed by atoms with Crippen molar-refractivity contribution in [2.24, 2.45) is 0 Å². The van der Waals surface area contributed by atoms with Crippen LogP contribution in [0.4, 0.5) is 5.69 Å². The van der Waals surface area contributed by atoms with Gasteiger partial charge in [-0.1, -0.05) is 60.1 Å². The molecule has 28 heavy (non-hydrogen) atoms. The van der Waals surface area contributed by atoms with Crippen molar-refractivity contribution in [3.63, 3.8) is 0 Å². The Hall–Kier alpha value is -3.04. The lowest BCUT2D eigenvalue weighted by molar-refractivity contribution is -0.116. The average molecular weight is 389 g/mol. The summed E-state index contributed by atoms with van der Waals surface area (Å²) in [5.74, 6) is 0.0434. The molecule has 0 fully saturated rings. The summed E-state index contributed by atoms with van der Waals surface area (Å²) in [5, 5.41) is 4.77. The van der Waals surface area contributed by atoms with E-state index in [0.29, 0.717) is 11.4 Å². The highest BCUT2D eigenvalue weighted by Crippen LogP contribution is 2.32. The lowest BCUT2D eigenvalue weighted by Crippen LogP contribution is -2.17. The number of H-pyrrole nitrogens is 1. The largest absolute Gasteiger partial charge is 0.361 e. The van der Waals surface area contributed by atoms with Gasteiger partial charge in [0.2, 0.25) is 5.91 Å². The summed E-state index contributed by atoms with van der Waals surface area (Å²) in [6, 6.07) is 25.6. The summed E-state index contributed by atoms with van der Waals surface area (Å²) in [6.45, 7) is 0. The second-order valence-electron chi connectivity index (χ2n) is 6.94. The molecule has 3 nitrogen and oxygen atoms in total. The third-order valence-corrected chi connectivity index (χ3v) is 5.16. The van der Waals surface area contributed by atoms with Crippen molar-refractivity contribution in [2.75, 3.05) is 5.32 Å². The molecule has 3 aromatic carbocycles. The van der Waals surface area contributed by atoms with E-state index in [-0.39, 0.29) is 11.8 Å². The number of nitrogens with one attached hydrogen (secondary N) is 2. The number of hydrogen-bond acceptors (Lipinski definition) is 1. The second-order valence-corrected chi connectivity index (χ2v) is 7.38. The standard InChI is InChI=1S/C24H21ClN2O/c25-19-11-12-23-21(15-19)22(16-26-23)18(13-17-7-3-1-4-8-17)14-24(28)27-20-9-5-2-6-10-20/h1-12,15-16,18,26H,13-14H2,(H,27,28)/t18-/m0/s1. The fraction of sp³-hybridized carbons (Fsp3) is 0.125. The SMILES string of the molecule is O=C(C[C@H](Cc1ccccc1)c1c[nH]c2ccc(Cl)cc12)Nc1ccccc1. The molecule has 1 atom stereocenters. The topological polar surface area (TPSA) is 44.9 Å². The Morgan fingerprint density at radius 2 is 1.68 bits per heavy atom. The van der Waals surface area contributed by atoms with Crippen LogP contribution in [0.1, 0.15) is 23.5 Å². The molecule has 0 aliphatic carbocycles. The van der Waals surface area contributed by atoms with Gasteiger partial charge >= 0.3 is 0 Å². The van der Waals surface area contributed by atoms with Crippen LogP contribution in [0.5, 0.6) is 0 Å². The van der Waals surface area contributed by atoms with Crippen LogP contribution in [-0.4, -0.2) is 10.9 Å². The van der Waals surface area contributed by atoms with Crippen molar-refractivity contribution >= 4 is 34.1 Å². The first kappa shape index (κ1) is 18.3. The number of anilines is 1. The maximum absolute atomic E-state index is 12.8. The van der Waals surface area contributed by atoms with Crippen molar-refractivity contribution in [3.8, 4) is 0 Å². The van der Waals surface area contributed by atoms with Gasteiger partial charge in [0.05, 0.1) is 0 Å². The van der Waals surface area contributed by atoms with Crippen molar-refractivity contribution < 1.29 is 4.79 Å². The normalized spacial score (nSPS) is 12.0. The zero-order valence-corrected chi connectivity index (χ0v) is 16.1. The number of aromatic nitrogens is 1. The van der Waals surface area contributed by atoms with E-state index in [1.165, 1.54) is 5.56 Å². The van der Waals surface area contributed by atoms with E-state index in [9.17, 15) is 4.79 Å². The molecule has 0 saturated heterocycles. The highest BCUT2D eigenvalue weighted by atomic mass is 35.5. The van der Waals surface area contributed by atoms with Crippen LogP contribution in [0.3, 0.4) is 0 Å². The molecule has 4 heteroatoms. The Bertz CT molecular complexity index is 1070. The van der Waals surface area contributed by atoms with Gasteiger partial charge < -0.3 is 10.3 Å². The molecule has 0 aliphatic heterocycles. The minimum Gasteiger partial charge on any atom is -0.361 e. The smallest absolute Gasteiger partial charge is 0.224 e. The van der Waals surface area contributed by atoms with E-state index in [2.05, 4.69) is 22.4 Å². The number of carbonyl (C=O) groups is 1. The maximum Gasteiger partial charge on any atom is 0.224 e. The van der Waals surface area contributed by atoms with Gasteiger partial charge in [-0.2, -0.15) is 0 Å². The van der Waals surface area contributed by atoms with Crippen LogP contribution in [0, 0.1) is 0 Å². The van der Waals surface area contributed by atoms with E-state index in [4.69, 9.17) is 11.6 Å². The summed E-state index contributed by atoms with van der Waals surface area (Å²) < 4.78 is 0. The number of amides is 1. The zero-order chi connectivity index (χ0) is 19.3. The molecular weight excluding hydrogens is 368 g/mol. The summed E-state index contributed by atoms with van der Waals surface area (Å²) in [4.78, 5) is 16.1. The molecule has 1 heterocycles. The Labute approximate surface area is 169 Å². The molecule has 0 bridgehead atoms. The highest BCUT2D eigenvalue weighted by molar-refractivity contribution is 6.31. The number of halogens is 1. The van der Waals surface area contributed by atoms with Gasteiger partial charge in [0.25, 0.3) is 0 Å². The van der Waals surface area contributed by atoms with E-state index in [0.717, 1.165) is 28.6 Å². The van der Waals surface area contributed by atoms with E-state index in [1.807, 2.05) is 72.9 Å². The minimum absolute atomic E-state index is 0.00325. The summed E-state index contributed by atoms with van der Waals surface area (Å²) >= 11 is 6.23. The third kappa shape index (κ3) is 4.26. The van der Waals surface area contributed by atoms with Crippen LogP contribution < -0.4 is 5.32 Å². The Balaban J connectivity index is 1.63. The first-order valence-electron chi connectivity index (χ1n) is 9.34. The van der Waals surface area contributed by atoms with E-state index >= 15 is 0 Å². The molecule has 0 radical (unpaired) electrons. The third-order valence-electron chi connectivity index (χ3n) is 4.93. The molecule has 0 saturated carbocycles. The summed E-state index contributed by atoms with van der Waals surface area (Å²) in [7, 11) is 0.